The number of hydrogen-bond acceptors (Lipinski definition) is 2. The predicted molar refractivity (Wildman–Crippen MR) is 96.9 cm³/mol. The highest BCUT2D eigenvalue weighted by atomic mass is 16.1. The summed E-state index contributed by atoms with van der Waals surface area (Å²) < 4.78 is 0. The van der Waals surface area contributed by atoms with Crippen LogP contribution >= 0.6 is 0 Å². The standard InChI is InChI=1S/C21H22N2O/c1-2-16-4-3-5-17-13-18(6-7-20(16)17)21(24)22-19-12-15-8-10-23(14-19)11-9-15/h1,3-7,13,15,19H,8-12,14H2,(H,22,24). The number of hydrogen-bond donors (Lipinski definition) is 1. The van der Waals surface area contributed by atoms with Crippen molar-refractivity contribution in [3.05, 3.63) is 47.5 Å². The van der Waals surface area contributed by atoms with Crippen molar-refractivity contribution in [1.29, 1.82) is 0 Å². The summed E-state index contributed by atoms with van der Waals surface area (Å²) in [5, 5.41) is 5.29. The first-order chi connectivity index (χ1) is 11.7. The van der Waals surface area contributed by atoms with Crippen LogP contribution < -0.4 is 5.32 Å². The maximum Gasteiger partial charge on any atom is 0.251 e. The Kier molecular flexibility index (Phi) is 4.00. The molecule has 5 rings (SSSR count). The van der Waals surface area contributed by atoms with Gasteiger partial charge in [0.25, 0.3) is 5.91 Å². The number of piperidine rings is 1. The number of carbonyl (C=O) groups excluding carboxylic acids is 1. The number of fused-ring (bicyclic) bond motifs is 5. The van der Waals surface area contributed by atoms with Gasteiger partial charge in [-0.05, 0) is 67.2 Å². The summed E-state index contributed by atoms with van der Waals surface area (Å²) >= 11 is 0. The van der Waals surface area contributed by atoms with Gasteiger partial charge in [-0.25, -0.2) is 0 Å². The number of carbonyl (C=O) groups is 1. The molecule has 1 N–H and O–H groups in total. The van der Waals surface area contributed by atoms with Crippen LogP contribution in [0, 0.1) is 18.3 Å². The van der Waals surface area contributed by atoms with E-state index in [4.69, 9.17) is 6.42 Å². The van der Waals surface area contributed by atoms with Gasteiger partial charge in [0, 0.05) is 23.7 Å². The lowest BCUT2D eigenvalue weighted by Gasteiger charge is -2.26. The van der Waals surface area contributed by atoms with Crippen LogP contribution in [0.5, 0.6) is 0 Å². The Bertz CT molecular complexity index is 798. The molecule has 2 aromatic rings. The van der Waals surface area contributed by atoms with Crippen LogP contribution in [-0.4, -0.2) is 36.5 Å². The van der Waals surface area contributed by atoms with E-state index in [0.29, 0.717) is 5.56 Å². The Balaban J connectivity index is 1.54. The SMILES string of the molecule is C#Cc1cccc2cc(C(=O)NC3CC4CCN(CC4)C3)ccc12. The summed E-state index contributed by atoms with van der Waals surface area (Å²) in [7, 11) is 0. The fourth-order valence-corrected chi connectivity index (χ4v) is 4.12. The lowest BCUT2D eigenvalue weighted by atomic mass is 9.94. The van der Waals surface area contributed by atoms with E-state index >= 15 is 0 Å². The van der Waals surface area contributed by atoms with Crippen LogP contribution in [0.3, 0.4) is 0 Å². The van der Waals surface area contributed by atoms with Gasteiger partial charge in [0.2, 0.25) is 0 Å². The molecule has 3 fully saturated rings. The predicted octanol–water partition coefficient (Wildman–Crippen LogP) is 3.04. The molecule has 0 aromatic heterocycles. The van der Waals surface area contributed by atoms with Crippen LogP contribution in [0.1, 0.15) is 35.2 Å². The van der Waals surface area contributed by atoms with E-state index in [1.54, 1.807) is 0 Å². The molecule has 24 heavy (non-hydrogen) atoms. The van der Waals surface area contributed by atoms with Gasteiger partial charge in [-0.2, -0.15) is 0 Å². The van der Waals surface area contributed by atoms with Crippen LogP contribution in [0.25, 0.3) is 10.8 Å². The topological polar surface area (TPSA) is 32.3 Å². The van der Waals surface area contributed by atoms with Crippen molar-refractivity contribution in [3.8, 4) is 12.3 Å². The number of rotatable bonds is 2. The van der Waals surface area contributed by atoms with Gasteiger partial charge in [0.05, 0.1) is 0 Å². The third kappa shape index (κ3) is 2.90. The highest BCUT2D eigenvalue weighted by Gasteiger charge is 2.29. The Morgan fingerprint density at radius 1 is 1.21 bits per heavy atom. The van der Waals surface area contributed by atoms with E-state index in [1.165, 1.54) is 25.9 Å². The Labute approximate surface area is 143 Å². The summed E-state index contributed by atoms with van der Waals surface area (Å²) in [4.78, 5) is 15.2. The Hall–Kier alpha value is -2.31. The number of nitrogens with zero attached hydrogens (tertiary/aromatic N) is 1. The van der Waals surface area contributed by atoms with Crippen molar-refractivity contribution in [3.63, 3.8) is 0 Å². The molecule has 3 saturated heterocycles. The maximum absolute atomic E-state index is 12.7. The first-order valence-electron chi connectivity index (χ1n) is 8.75. The number of nitrogens with one attached hydrogen (secondary N) is 1. The van der Waals surface area contributed by atoms with Crippen molar-refractivity contribution in [1.82, 2.24) is 10.2 Å². The van der Waals surface area contributed by atoms with Crippen molar-refractivity contribution >= 4 is 16.7 Å². The minimum Gasteiger partial charge on any atom is -0.348 e. The van der Waals surface area contributed by atoms with Crippen LogP contribution in [0.2, 0.25) is 0 Å². The molecule has 0 saturated carbocycles. The quantitative estimate of drug-likeness (QED) is 0.863. The Morgan fingerprint density at radius 2 is 2.04 bits per heavy atom. The largest absolute Gasteiger partial charge is 0.348 e. The van der Waals surface area contributed by atoms with E-state index in [1.807, 2.05) is 36.4 Å². The van der Waals surface area contributed by atoms with E-state index in [-0.39, 0.29) is 11.9 Å². The molecular formula is C21H22N2O. The van der Waals surface area contributed by atoms with E-state index < -0.39 is 0 Å². The molecule has 3 nitrogen and oxygen atoms in total. The first-order valence-corrected chi connectivity index (χ1v) is 8.75. The van der Waals surface area contributed by atoms with Crippen molar-refractivity contribution in [2.24, 2.45) is 5.92 Å². The maximum atomic E-state index is 12.7. The molecule has 2 aromatic carbocycles. The lowest BCUT2D eigenvalue weighted by molar-refractivity contribution is 0.0929. The van der Waals surface area contributed by atoms with Crippen molar-refractivity contribution in [2.45, 2.75) is 25.3 Å². The second-order valence-electron chi connectivity index (χ2n) is 7.04. The number of benzene rings is 2. The van der Waals surface area contributed by atoms with Crippen molar-refractivity contribution in [2.75, 3.05) is 19.6 Å². The van der Waals surface area contributed by atoms with Crippen LogP contribution in [0.15, 0.2) is 36.4 Å². The van der Waals surface area contributed by atoms with Crippen LogP contribution in [0.4, 0.5) is 0 Å². The molecular weight excluding hydrogens is 296 g/mol. The lowest BCUT2D eigenvalue weighted by Crippen LogP contribution is -2.41. The van der Waals surface area contributed by atoms with Gasteiger partial charge in [-0.3, -0.25) is 4.79 Å². The molecule has 2 bridgehead atoms. The second-order valence-corrected chi connectivity index (χ2v) is 7.04. The zero-order chi connectivity index (χ0) is 16.5. The fraction of sp³-hybridized carbons (Fsp3) is 0.381. The molecule has 0 radical (unpaired) electrons. The van der Waals surface area contributed by atoms with Crippen molar-refractivity contribution < 1.29 is 4.79 Å². The van der Waals surface area contributed by atoms with Gasteiger partial charge in [-0.1, -0.05) is 24.1 Å². The molecule has 1 atom stereocenters. The molecule has 1 unspecified atom stereocenters. The summed E-state index contributed by atoms with van der Waals surface area (Å²) in [6.45, 7) is 3.35. The highest BCUT2D eigenvalue weighted by molar-refractivity contribution is 5.99. The van der Waals surface area contributed by atoms with Gasteiger partial charge >= 0.3 is 0 Å². The third-order valence-corrected chi connectivity index (χ3v) is 5.44. The first kappa shape index (κ1) is 15.2. The average Bonchev–Trinajstić information content (AvgIpc) is 2.93. The second kappa shape index (κ2) is 6.30. The molecule has 1 amide bonds. The summed E-state index contributed by atoms with van der Waals surface area (Å²) in [6, 6.07) is 11.9. The summed E-state index contributed by atoms with van der Waals surface area (Å²) in [6.07, 6.45) is 9.21. The number of terminal acetylenes is 1. The van der Waals surface area contributed by atoms with E-state index in [0.717, 1.165) is 35.2 Å². The molecule has 3 heterocycles. The zero-order valence-electron chi connectivity index (χ0n) is 13.8. The van der Waals surface area contributed by atoms with Crippen LogP contribution in [-0.2, 0) is 0 Å². The van der Waals surface area contributed by atoms with E-state index in [2.05, 4.69) is 16.1 Å². The molecule has 0 aliphatic carbocycles. The van der Waals surface area contributed by atoms with Gasteiger partial charge in [0.15, 0.2) is 0 Å². The number of amides is 1. The third-order valence-electron chi connectivity index (χ3n) is 5.44. The fourth-order valence-electron chi connectivity index (χ4n) is 4.12. The smallest absolute Gasteiger partial charge is 0.251 e. The summed E-state index contributed by atoms with van der Waals surface area (Å²) in [5.41, 5.74) is 1.58. The minimum absolute atomic E-state index is 0.0236. The van der Waals surface area contributed by atoms with Gasteiger partial charge in [0.1, 0.15) is 0 Å². The highest BCUT2D eigenvalue weighted by Crippen LogP contribution is 2.27. The molecule has 3 heteroatoms. The summed E-state index contributed by atoms with van der Waals surface area (Å²) in [5.74, 6) is 3.49. The molecule has 122 valence electrons. The average molecular weight is 318 g/mol. The van der Waals surface area contributed by atoms with E-state index in [9.17, 15) is 4.79 Å². The minimum atomic E-state index is 0.0236. The molecule has 3 aliphatic rings. The Morgan fingerprint density at radius 3 is 2.83 bits per heavy atom. The monoisotopic (exact) mass is 318 g/mol. The molecule has 3 aliphatic heterocycles. The molecule has 0 spiro atoms. The van der Waals surface area contributed by atoms with Gasteiger partial charge in [-0.15, -0.1) is 6.42 Å². The normalized spacial score (nSPS) is 25.9. The van der Waals surface area contributed by atoms with Gasteiger partial charge < -0.3 is 10.2 Å². The zero-order valence-corrected chi connectivity index (χ0v) is 13.8.